The molecule has 39 heavy (non-hydrogen) atoms. The lowest BCUT2D eigenvalue weighted by molar-refractivity contribution is -0.207. The molecule has 0 aromatic rings. The number of fused-ring (bicyclic) bond motifs is 1. The first-order chi connectivity index (χ1) is 18.5. The summed E-state index contributed by atoms with van der Waals surface area (Å²) in [5, 5.41) is 0. The Balaban J connectivity index is 2.05. The Hall–Kier alpha value is -2.45. The molecule has 2 heterocycles. The van der Waals surface area contributed by atoms with E-state index in [9.17, 15) is 27.6 Å². The molecule has 0 aromatic carbocycles. The molecule has 2 rings (SSSR count). The van der Waals surface area contributed by atoms with Crippen molar-refractivity contribution >= 4 is 34.2 Å². The van der Waals surface area contributed by atoms with Crippen molar-refractivity contribution in [3.63, 3.8) is 0 Å². The summed E-state index contributed by atoms with van der Waals surface area (Å²) in [6.45, 7) is 5.40. The number of hydrogen-bond acceptors (Lipinski definition) is 10. The highest BCUT2D eigenvalue weighted by Gasteiger charge is 2.60. The van der Waals surface area contributed by atoms with Crippen LogP contribution in [-0.4, -0.2) is 81.0 Å². The maximum atomic E-state index is 12.9. The molecule has 13 nitrogen and oxygen atoms in total. The van der Waals surface area contributed by atoms with Crippen LogP contribution in [0, 0.1) is 0 Å². The summed E-state index contributed by atoms with van der Waals surface area (Å²) < 4.78 is 51.8. The maximum Gasteiger partial charge on any atom is 0.411 e. The van der Waals surface area contributed by atoms with Crippen LogP contribution in [0.1, 0.15) is 91.9 Å². The van der Waals surface area contributed by atoms with Crippen LogP contribution in [0.3, 0.4) is 0 Å². The van der Waals surface area contributed by atoms with Crippen LogP contribution in [-0.2, 0) is 43.5 Å². The number of amides is 1. The summed E-state index contributed by atoms with van der Waals surface area (Å²) in [6, 6.07) is -0.993. The van der Waals surface area contributed by atoms with Gasteiger partial charge < -0.3 is 18.9 Å². The van der Waals surface area contributed by atoms with Gasteiger partial charge in [-0.25, -0.2) is 9.52 Å². The first kappa shape index (κ1) is 32.8. The predicted octanol–water partition coefficient (Wildman–Crippen LogP) is 2.29. The number of hydrogen-bond donors (Lipinski definition) is 2. The number of rotatable bonds is 17. The van der Waals surface area contributed by atoms with Crippen molar-refractivity contribution in [3.8, 4) is 0 Å². The molecule has 0 saturated carbocycles. The molecule has 0 aliphatic carbocycles. The molecule has 14 heteroatoms. The summed E-state index contributed by atoms with van der Waals surface area (Å²) in [6.07, 6.45) is 4.40. The van der Waals surface area contributed by atoms with E-state index in [0.29, 0.717) is 6.42 Å². The second kappa shape index (κ2) is 16.0. The number of esters is 3. The summed E-state index contributed by atoms with van der Waals surface area (Å²) >= 11 is 0. The standard InChI is InChI=1S/C25H43N3O10S/c1-5-6-7-8-9-10-11-12-13-14-15-26-39(33,34)27-24-23(38-19(4)31)22(37-18(3)30)21(36-17(2)29)20-16-35-25(32)28(20)24/h20-24,26-27H,5-16H2,1-4H3/t20?,21-,22?,23?,24+/m1/s1. The third kappa shape index (κ3) is 10.6. The number of carbonyl (C=O) groups excluding carboxylic acids is 4. The average molecular weight is 578 g/mol. The zero-order chi connectivity index (χ0) is 29.0. The normalized spacial score (nSPS) is 24.6. The Bertz CT molecular complexity index is 944. The minimum atomic E-state index is -4.20. The van der Waals surface area contributed by atoms with E-state index in [1.54, 1.807) is 0 Å². The van der Waals surface area contributed by atoms with Gasteiger partial charge in [0.05, 0.1) is 0 Å². The van der Waals surface area contributed by atoms with Crippen LogP contribution in [0.2, 0.25) is 0 Å². The fourth-order valence-electron chi connectivity index (χ4n) is 4.89. The van der Waals surface area contributed by atoms with Crippen molar-refractivity contribution in [1.82, 2.24) is 14.3 Å². The van der Waals surface area contributed by atoms with Gasteiger partial charge in [0.25, 0.3) is 10.2 Å². The minimum Gasteiger partial charge on any atom is -0.456 e. The number of piperidine rings is 1. The highest BCUT2D eigenvalue weighted by molar-refractivity contribution is 7.87. The number of cyclic esters (lactones) is 1. The number of ether oxygens (including phenoxy) is 4. The predicted molar refractivity (Wildman–Crippen MR) is 139 cm³/mol. The van der Waals surface area contributed by atoms with Crippen LogP contribution >= 0.6 is 0 Å². The van der Waals surface area contributed by atoms with E-state index >= 15 is 0 Å². The Morgan fingerprint density at radius 1 is 0.821 bits per heavy atom. The molecule has 224 valence electrons. The number of nitrogens with zero attached hydrogens (tertiary/aromatic N) is 1. The zero-order valence-electron chi connectivity index (χ0n) is 23.3. The Morgan fingerprint density at radius 3 is 1.85 bits per heavy atom. The highest BCUT2D eigenvalue weighted by atomic mass is 32.2. The summed E-state index contributed by atoms with van der Waals surface area (Å²) in [5.74, 6) is -2.35. The van der Waals surface area contributed by atoms with E-state index in [1.165, 1.54) is 38.5 Å². The van der Waals surface area contributed by atoms with Gasteiger partial charge in [0.1, 0.15) is 18.8 Å². The Labute approximate surface area is 230 Å². The first-order valence-electron chi connectivity index (χ1n) is 13.7. The van der Waals surface area contributed by atoms with Crippen LogP contribution in [0.25, 0.3) is 0 Å². The number of unbranched alkanes of at least 4 members (excludes halogenated alkanes) is 9. The first-order valence-corrected chi connectivity index (χ1v) is 15.2. The van der Waals surface area contributed by atoms with E-state index in [2.05, 4.69) is 16.4 Å². The zero-order valence-corrected chi connectivity index (χ0v) is 24.1. The van der Waals surface area contributed by atoms with Crippen LogP contribution in [0.4, 0.5) is 4.79 Å². The molecule has 2 aliphatic heterocycles. The lowest BCUT2D eigenvalue weighted by Crippen LogP contribution is -2.72. The monoisotopic (exact) mass is 577 g/mol. The molecule has 0 spiro atoms. The lowest BCUT2D eigenvalue weighted by Gasteiger charge is -2.47. The fraction of sp³-hybridized carbons (Fsp3) is 0.840. The van der Waals surface area contributed by atoms with Gasteiger partial charge in [0, 0.05) is 27.3 Å². The summed E-state index contributed by atoms with van der Waals surface area (Å²) in [5.41, 5.74) is 0. The van der Waals surface area contributed by atoms with E-state index in [1.807, 2.05) is 0 Å². The van der Waals surface area contributed by atoms with E-state index in [0.717, 1.165) is 44.9 Å². The molecule has 3 unspecified atom stereocenters. The third-order valence-corrected chi connectivity index (χ3v) is 7.72. The molecule has 2 saturated heterocycles. The average Bonchev–Trinajstić information content (AvgIpc) is 3.22. The van der Waals surface area contributed by atoms with E-state index in [4.69, 9.17) is 18.9 Å². The SMILES string of the molecule is CCCCCCCCCCCCNS(=O)(=O)N[C@@H]1C(OC(C)=O)C(OC(C)=O)[C@H](OC(C)=O)C2COC(=O)N21. The molecule has 1 amide bonds. The molecule has 0 aromatic heterocycles. The number of nitrogens with one attached hydrogen (secondary N) is 2. The van der Waals surface area contributed by atoms with Gasteiger partial charge in [-0.1, -0.05) is 64.7 Å². The lowest BCUT2D eigenvalue weighted by atomic mass is 9.92. The minimum absolute atomic E-state index is 0.161. The topological polar surface area (TPSA) is 167 Å². The number of carbonyl (C=O) groups is 4. The summed E-state index contributed by atoms with van der Waals surface area (Å²) in [4.78, 5) is 49.2. The van der Waals surface area contributed by atoms with Crippen molar-refractivity contribution in [1.29, 1.82) is 0 Å². The second-order valence-corrected chi connectivity index (χ2v) is 11.4. The fourth-order valence-corrected chi connectivity index (χ4v) is 5.96. The van der Waals surface area contributed by atoms with Gasteiger partial charge >= 0.3 is 24.0 Å². The van der Waals surface area contributed by atoms with Crippen molar-refractivity contribution in [2.75, 3.05) is 13.2 Å². The van der Waals surface area contributed by atoms with Gasteiger partial charge in [-0.05, 0) is 6.42 Å². The molecule has 2 fully saturated rings. The highest BCUT2D eigenvalue weighted by Crippen LogP contribution is 2.34. The van der Waals surface area contributed by atoms with Gasteiger partial charge in [-0.3, -0.25) is 19.3 Å². The molecule has 5 atom stereocenters. The molecule has 0 radical (unpaired) electrons. The molecular formula is C25H43N3O10S. The van der Waals surface area contributed by atoms with Gasteiger partial charge in [0.2, 0.25) is 0 Å². The van der Waals surface area contributed by atoms with Crippen molar-refractivity contribution in [2.45, 2.75) is 122 Å². The quantitative estimate of drug-likeness (QED) is 0.149. The van der Waals surface area contributed by atoms with Crippen LogP contribution < -0.4 is 9.44 Å². The smallest absolute Gasteiger partial charge is 0.411 e. The van der Waals surface area contributed by atoms with Crippen molar-refractivity contribution in [2.24, 2.45) is 0 Å². The van der Waals surface area contributed by atoms with Gasteiger partial charge in [-0.15, -0.1) is 0 Å². The molecule has 2 aliphatic rings. The Kier molecular flexibility index (Phi) is 13.4. The van der Waals surface area contributed by atoms with Crippen molar-refractivity contribution < 1.29 is 46.5 Å². The van der Waals surface area contributed by atoms with Crippen LogP contribution in [0.5, 0.6) is 0 Å². The second-order valence-electron chi connectivity index (χ2n) is 9.92. The van der Waals surface area contributed by atoms with E-state index < -0.39 is 64.7 Å². The van der Waals surface area contributed by atoms with Crippen molar-refractivity contribution in [3.05, 3.63) is 0 Å². The summed E-state index contributed by atoms with van der Waals surface area (Å²) in [7, 11) is -4.20. The maximum absolute atomic E-state index is 12.9. The van der Waals surface area contributed by atoms with Crippen LogP contribution in [0.15, 0.2) is 0 Å². The van der Waals surface area contributed by atoms with Gasteiger partial charge in [-0.2, -0.15) is 13.1 Å². The molecular weight excluding hydrogens is 534 g/mol. The molecule has 0 bridgehead atoms. The molecule has 2 N–H and O–H groups in total. The van der Waals surface area contributed by atoms with Gasteiger partial charge in [0.15, 0.2) is 18.3 Å². The largest absolute Gasteiger partial charge is 0.456 e. The Morgan fingerprint density at radius 2 is 1.31 bits per heavy atom. The third-order valence-electron chi connectivity index (χ3n) is 6.59. The van der Waals surface area contributed by atoms with E-state index in [-0.39, 0.29) is 13.2 Å².